The van der Waals surface area contributed by atoms with Crippen LogP contribution >= 0.6 is 11.6 Å². The van der Waals surface area contributed by atoms with E-state index in [-0.39, 0.29) is 5.02 Å². The summed E-state index contributed by atoms with van der Waals surface area (Å²) < 4.78 is 43.7. The Kier molecular flexibility index (Phi) is 4.40. The van der Waals surface area contributed by atoms with Crippen LogP contribution in [0.5, 0.6) is 0 Å². The smallest absolute Gasteiger partial charge is 0.416 e. The number of furan rings is 1. The van der Waals surface area contributed by atoms with E-state index in [2.05, 4.69) is 5.32 Å². The highest BCUT2D eigenvalue weighted by Crippen LogP contribution is 2.35. The first kappa shape index (κ1) is 14.9. The molecule has 20 heavy (non-hydrogen) atoms. The summed E-state index contributed by atoms with van der Waals surface area (Å²) in [4.78, 5) is 0. The van der Waals surface area contributed by atoms with Gasteiger partial charge < -0.3 is 9.73 Å². The average Bonchev–Trinajstić information content (AvgIpc) is 2.83. The Morgan fingerprint density at radius 1 is 1.20 bits per heavy atom. The van der Waals surface area contributed by atoms with E-state index in [1.807, 2.05) is 6.92 Å². The molecule has 1 heterocycles. The zero-order chi connectivity index (χ0) is 14.8. The quantitative estimate of drug-likeness (QED) is 0.883. The summed E-state index contributed by atoms with van der Waals surface area (Å²) in [6, 6.07) is 6.74. The molecule has 2 nitrogen and oxygen atoms in total. The maximum Gasteiger partial charge on any atom is 0.416 e. The maximum absolute atomic E-state index is 12.7. The lowest BCUT2D eigenvalue weighted by Crippen LogP contribution is -2.10. The molecule has 0 amide bonds. The predicted molar refractivity (Wildman–Crippen MR) is 71.5 cm³/mol. The first-order valence-corrected chi connectivity index (χ1v) is 6.45. The highest BCUT2D eigenvalue weighted by Gasteiger charge is 2.31. The summed E-state index contributed by atoms with van der Waals surface area (Å²) in [6.07, 6.45) is -4.43. The van der Waals surface area contributed by atoms with Crippen LogP contribution in [-0.4, -0.2) is 6.54 Å². The monoisotopic (exact) mass is 303 g/mol. The lowest BCUT2D eigenvalue weighted by Gasteiger charge is -2.08. The topological polar surface area (TPSA) is 25.2 Å². The fourth-order valence-corrected chi connectivity index (χ4v) is 2.01. The number of rotatable bonds is 4. The zero-order valence-corrected chi connectivity index (χ0v) is 11.5. The molecule has 2 aromatic rings. The van der Waals surface area contributed by atoms with E-state index in [4.69, 9.17) is 16.0 Å². The van der Waals surface area contributed by atoms with E-state index >= 15 is 0 Å². The average molecular weight is 304 g/mol. The van der Waals surface area contributed by atoms with Gasteiger partial charge >= 0.3 is 6.18 Å². The predicted octanol–water partition coefficient (Wildman–Crippen LogP) is 4.73. The normalized spacial score (nSPS) is 11.8. The van der Waals surface area contributed by atoms with Crippen molar-refractivity contribution in [3.05, 3.63) is 46.7 Å². The second kappa shape index (κ2) is 5.89. The van der Waals surface area contributed by atoms with Gasteiger partial charge in [-0.25, -0.2) is 0 Å². The largest absolute Gasteiger partial charge is 0.460 e. The SMILES string of the molecule is CCNCc1ccc(-c2cc(Cl)cc(C(F)(F)F)c2)o1. The summed E-state index contributed by atoms with van der Waals surface area (Å²) in [5, 5.41) is 3.10. The van der Waals surface area contributed by atoms with Gasteiger partial charge in [0.1, 0.15) is 11.5 Å². The molecule has 0 saturated carbocycles. The number of hydrogen-bond acceptors (Lipinski definition) is 2. The molecule has 0 atom stereocenters. The van der Waals surface area contributed by atoms with Gasteiger partial charge in [-0.05, 0) is 36.9 Å². The fraction of sp³-hybridized carbons (Fsp3) is 0.286. The third-order valence-electron chi connectivity index (χ3n) is 2.72. The third-order valence-corrected chi connectivity index (χ3v) is 2.94. The van der Waals surface area contributed by atoms with Crippen molar-refractivity contribution in [3.8, 4) is 11.3 Å². The van der Waals surface area contributed by atoms with Gasteiger partial charge in [0, 0.05) is 10.6 Å². The highest BCUT2D eigenvalue weighted by atomic mass is 35.5. The molecule has 0 radical (unpaired) electrons. The Labute approximate surface area is 119 Å². The molecular weight excluding hydrogens is 291 g/mol. The van der Waals surface area contributed by atoms with Crippen molar-refractivity contribution in [1.82, 2.24) is 5.32 Å². The Hall–Kier alpha value is -1.46. The van der Waals surface area contributed by atoms with Gasteiger partial charge in [0.2, 0.25) is 0 Å². The number of alkyl halides is 3. The lowest BCUT2D eigenvalue weighted by atomic mass is 10.1. The van der Waals surface area contributed by atoms with Crippen LogP contribution in [0.1, 0.15) is 18.2 Å². The molecule has 0 bridgehead atoms. The minimum Gasteiger partial charge on any atom is -0.460 e. The van der Waals surface area contributed by atoms with Gasteiger partial charge in [-0.2, -0.15) is 13.2 Å². The minimum atomic E-state index is -4.43. The molecule has 0 aliphatic heterocycles. The molecule has 0 spiro atoms. The summed E-state index contributed by atoms with van der Waals surface area (Å²) >= 11 is 5.74. The van der Waals surface area contributed by atoms with Crippen LogP contribution in [0.25, 0.3) is 11.3 Å². The van der Waals surface area contributed by atoms with Crippen molar-refractivity contribution in [3.63, 3.8) is 0 Å². The Bertz CT molecular complexity index is 592. The molecule has 0 aliphatic rings. The van der Waals surface area contributed by atoms with Gasteiger partial charge in [-0.3, -0.25) is 0 Å². The van der Waals surface area contributed by atoms with E-state index in [9.17, 15) is 13.2 Å². The van der Waals surface area contributed by atoms with E-state index in [1.54, 1.807) is 12.1 Å². The van der Waals surface area contributed by atoms with Crippen LogP contribution in [0.2, 0.25) is 5.02 Å². The maximum atomic E-state index is 12.7. The number of benzene rings is 1. The van der Waals surface area contributed by atoms with Crippen LogP contribution in [0.3, 0.4) is 0 Å². The van der Waals surface area contributed by atoms with E-state index < -0.39 is 11.7 Å². The molecule has 1 aromatic heterocycles. The minimum absolute atomic E-state index is 0.0273. The summed E-state index contributed by atoms with van der Waals surface area (Å²) in [6.45, 7) is 3.27. The van der Waals surface area contributed by atoms with Crippen molar-refractivity contribution in [2.45, 2.75) is 19.6 Å². The van der Waals surface area contributed by atoms with Crippen LogP contribution < -0.4 is 5.32 Å². The Morgan fingerprint density at radius 2 is 1.95 bits per heavy atom. The van der Waals surface area contributed by atoms with Crippen molar-refractivity contribution in [1.29, 1.82) is 0 Å². The molecule has 2 rings (SSSR count). The molecule has 108 valence electrons. The summed E-state index contributed by atoms with van der Waals surface area (Å²) in [7, 11) is 0. The van der Waals surface area contributed by atoms with Gasteiger partial charge in [-0.1, -0.05) is 18.5 Å². The molecule has 0 fully saturated rings. The van der Waals surface area contributed by atoms with Gasteiger partial charge in [-0.15, -0.1) is 0 Å². The van der Waals surface area contributed by atoms with Crippen molar-refractivity contribution >= 4 is 11.6 Å². The first-order valence-electron chi connectivity index (χ1n) is 6.07. The fourth-order valence-electron chi connectivity index (χ4n) is 1.77. The standard InChI is InChI=1S/C14H13ClF3NO/c1-2-19-8-12-3-4-13(20-12)9-5-10(14(16,17)18)7-11(15)6-9/h3-7,19H,2,8H2,1H3. The second-order valence-corrected chi connectivity index (χ2v) is 4.71. The van der Waals surface area contributed by atoms with Gasteiger partial charge in [0.15, 0.2) is 0 Å². The van der Waals surface area contributed by atoms with E-state index in [0.717, 1.165) is 18.7 Å². The van der Waals surface area contributed by atoms with Crippen molar-refractivity contribution in [2.24, 2.45) is 0 Å². The van der Waals surface area contributed by atoms with Crippen LogP contribution in [0, 0.1) is 0 Å². The first-order chi connectivity index (χ1) is 9.40. The molecule has 1 aromatic carbocycles. The summed E-state index contributed by atoms with van der Waals surface area (Å²) in [5.74, 6) is 1.03. The van der Waals surface area contributed by atoms with Gasteiger partial charge in [0.05, 0.1) is 12.1 Å². The molecule has 0 saturated heterocycles. The highest BCUT2D eigenvalue weighted by molar-refractivity contribution is 6.30. The Morgan fingerprint density at radius 3 is 2.60 bits per heavy atom. The molecule has 6 heteroatoms. The molecular formula is C14H13ClF3NO. The van der Waals surface area contributed by atoms with Crippen molar-refractivity contribution in [2.75, 3.05) is 6.54 Å². The Balaban J connectivity index is 2.32. The van der Waals surface area contributed by atoms with Crippen LogP contribution in [-0.2, 0) is 12.7 Å². The second-order valence-electron chi connectivity index (χ2n) is 4.27. The molecule has 1 N–H and O–H groups in total. The zero-order valence-electron chi connectivity index (χ0n) is 10.7. The lowest BCUT2D eigenvalue weighted by molar-refractivity contribution is -0.137. The van der Waals surface area contributed by atoms with Crippen LogP contribution in [0.15, 0.2) is 34.7 Å². The number of halogens is 4. The van der Waals surface area contributed by atoms with E-state index in [0.29, 0.717) is 23.6 Å². The number of hydrogen-bond donors (Lipinski definition) is 1. The number of nitrogens with one attached hydrogen (secondary N) is 1. The third kappa shape index (κ3) is 3.55. The molecule has 0 unspecified atom stereocenters. The molecule has 0 aliphatic carbocycles. The van der Waals surface area contributed by atoms with Crippen LogP contribution in [0.4, 0.5) is 13.2 Å². The summed E-state index contributed by atoms with van der Waals surface area (Å²) in [5.41, 5.74) is -0.475. The van der Waals surface area contributed by atoms with Crippen molar-refractivity contribution < 1.29 is 17.6 Å². The van der Waals surface area contributed by atoms with Gasteiger partial charge in [0.25, 0.3) is 0 Å². The van der Waals surface area contributed by atoms with E-state index in [1.165, 1.54) is 6.07 Å².